The maximum atomic E-state index is 13.0. The van der Waals surface area contributed by atoms with E-state index < -0.39 is 18.1 Å². The number of rotatable bonds is 2. The van der Waals surface area contributed by atoms with Gasteiger partial charge in [0.15, 0.2) is 0 Å². The predicted octanol–water partition coefficient (Wildman–Crippen LogP) is 4.03. The van der Waals surface area contributed by atoms with Gasteiger partial charge in [0.1, 0.15) is 0 Å². The van der Waals surface area contributed by atoms with E-state index in [-0.39, 0.29) is 11.8 Å². The number of anilines is 1. The summed E-state index contributed by atoms with van der Waals surface area (Å²) in [6.45, 7) is 0.397. The maximum Gasteiger partial charge on any atom is 0.471 e. The molecule has 0 bridgehead atoms. The summed E-state index contributed by atoms with van der Waals surface area (Å²) in [7, 11) is 0. The van der Waals surface area contributed by atoms with Crippen LogP contribution in [0.25, 0.3) is 0 Å². The number of carbonyl (C=O) groups is 2. The number of benzene rings is 2. The molecule has 1 aliphatic carbocycles. The van der Waals surface area contributed by atoms with Gasteiger partial charge < -0.3 is 10.2 Å². The van der Waals surface area contributed by atoms with E-state index in [9.17, 15) is 22.8 Å². The van der Waals surface area contributed by atoms with E-state index in [0.29, 0.717) is 24.9 Å². The molecule has 0 saturated heterocycles. The third kappa shape index (κ3) is 3.38. The first-order valence-corrected chi connectivity index (χ1v) is 9.89. The van der Waals surface area contributed by atoms with Gasteiger partial charge in [-0.3, -0.25) is 9.59 Å². The Balaban J connectivity index is 1.64. The molecule has 1 aliphatic heterocycles. The Morgan fingerprint density at radius 2 is 1.82 bits per heavy atom. The molecule has 1 heterocycles. The Kier molecular flexibility index (Phi) is 4.84. The molecule has 0 fully saturated rings. The topological polar surface area (TPSA) is 49.4 Å². The molecule has 0 aromatic heterocycles. The van der Waals surface area contributed by atoms with Gasteiger partial charge in [-0.25, -0.2) is 0 Å². The van der Waals surface area contributed by atoms with Crippen LogP contribution in [0, 0.1) is 3.57 Å². The second-order valence-corrected chi connectivity index (χ2v) is 8.21. The van der Waals surface area contributed by atoms with Gasteiger partial charge in [-0.15, -0.1) is 0 Å². The highest BCUT2D eigenvalue weighted by molar-refractivity contribution is 14.1. The molecular formula is C20H16F3IN2O2. The second-order valence-electron chi connectivity index (χ2n) is 7.05. The minimum absolute atomic E-state index is 0.0975. The van der Waals surface area contributed by atoms with Crippen LogP contribution >= 0.6 is 22.6 Å². The van der Waals surface area contributed by atoms with E-state index in [1.54, 1.807) is 29.2 Å². The van der Waals surface area contributed by atoms with Crippen LogP contribution in [0.3, 0.4) is 0 Å². The van der Waals surface area contributed by atoms with Crippen LogP contribution in [-0.4, -0.2) is 30.6 Å². The zero-order valence-corrected chi connectivity index (χ0v) is 16.8. The van der Waals surface area contributed by atoms with Crippen LogP contribution in [-0.2, 0) is 11.2 Å². The molecule has 0 spiro atoms. The molecule has 0 radical (unpaired) electrons. The highest BCUT2D eigenvalue weighted by Gasteiger charge is 2.43. The fourth-order valence-corrected chi connectivity index (χ4v) is 4.80. The molecule has 2 unspecified atom stereocenters. The molecule has 2 aromatic rings. The first-order chi connectivity index (χ1) is 13.3. The Morgan fingerprint density at radius 3 is 2.50 bits per heavy atom. The number of hydrogen-bond donors (Lipinski definition) is 1. The largest absolute Gasteiger partial charge is 0.471 e. The zero-order chi connectivity index (χ0) is 20.1. The summed E-state index contributed by atoms with van der Waals surface area (Å²) < 4.78 is 38.9. The van der Waals surface area contributed by atoms with Crippen molar-refractivity contribution in [1.82, 2.24) is 5.32 Å². The first-order valence-electron chi connectivity index (χ1n) is 8.81. The van der Waals surface area contributed by atoms with Crippen LogP contribution in [0.5, 0.6) is 0 Å². The van der Waals surface area contributed by atoms with Crippen molar-refractivity contribution in [3.05, 3.63) is 62.7 Å². The average molecular weight is 500 g/mol. The second kappa shape index (κ2) is 7.06. The number of amides is 2. The SMILES string of the molecule is O=C(c1ccccc1)N1CC2CC(NC(=O)C(F)(F)F)Cc3c(I)ccc1c32. The molecule has 146 valence electrons. The maximum absolute atomic E-state index is 13.0. The molecule has 8 heteroatoms. The van der Waals surface area contributed by atoms with Crippen molar-refractivity contribution in [3.63, 3.8) is 0 Å². The first kappa shape index (κ1) is 19.2. The Labute approximate surface area is 173 Å². The summed E-state index contributed by atoms with van der Waals surface area (Å²) >= 11 is 2.16. The molecular weight excluding hydrogens is 484 g/mol. The number of carbonyl (C=O) groups excluding carboxylic acids is 2. The van der Waals surface area contributed by atoms with Gasteiger partial charge in [0.2, 0.25) is 0 Å². The van der Waals surface area contributed by atoms with Crippen LogP contribution in [0.15, 0.2) is 42.5 Å². The number of alkyl halides is 3. The summed E-state index contributed by atoms with van der Waals surface area (Å²) in [5, 5.41) is 2.12. The van der Waals surface area contributed by atoms with Crippen molar-refractivity contribution in [2.75, 3.05) is 11.4 Å². The highest BCUT2D eigenvalue weighted by atomic mass is 127. The average Bonchev–Trinajstić information content (AvgIpc) is 3.03. The lowest BCUT2D eigenvalue weighted by molar-refractivity contribution is -0.174. The summed E-state index contributed by atoms with van der Waals surface area (Å²) in [6.07, 6.45) is -4.20. The van der Waals surface area contributed by atoms with Gasteiger partial charge in [-0.1, -0.05) is 18.2 Å². The van der Waals surface area contributed by atoms with Crippen molar-refractivity contribution >= 4 is 40.1 Å². The van der Waals surface area contributed by atoms with Gasteiger partial charge in [0.25, 0.3) is 5.91 Å². The summed E-state index contributed by atoms with van der Waals surface area (Å²) in [4.78, 5) is 26.1. The van der Waals surface area contributed by atoms with Gasteiger partial charge in [0, 0.05) is 33.3 Å². The molecule has 2 aliphatic rings. The van der Waals surface area contributed by atoms with Crippen molar-refractivity contribution in [2.45, 2.75) is 31.0 Å². The van der Waals surface area contributed by atoms with E-state index in [4.69, 9.17) is 0 Å². The Hall–Kier alpha value is -2.10. The minimum Gasteiger partial charge on any atom is -0.345 e. The van der Waals surface area contributed by atoms with E-state index in [0.717, 1.165) is 20.4 Å². The zero-order valence-electron chi connectivity index (χ0n) is 14.6. The van der Waals surface area contributed by atoms with E-state index in [1.165, 1.54) is 0 Å². The monoisotopic (exact) mass is 500 g/mol. The van der Waals surface area contributed by atoms with Gasteiger partial charge in [0.05, 0.1) is 0 Å². The molecule has 2 atom stereocenters. The summed E-state index contributed by atoms with van der Waals surface area (Å²) in [5.74, 6) is -2.14. The fourth-order valence-electron chi connectivity index (χ4n) is 4.11. The van der Waals surface area contributed by atoms with Crippen LogP contribution < -0.4 is 10.2 Å². The lowest BCUT2D eigenvalue weighted by Gasteiger charge is -2.30. The molecule has 4 nitrogen and oxygen atoms in total. The third-order valence-corrected chi connectivity index (χ3v) is 6.27. The Bertz CT molecular complexity index is 946. The van der Waals surface area contributed by atoms with Gasteiger partial charge in [-0.2, -0.15) is 13.2 Å². The number of nitrogens with zero attached hydrogens (tertiary/aromatic N) is 1. The molecule has 0 saturated carbocycles. The van der Waals surface area contributed by atoms with Gasteiger partial charge in [-0.05, 0) is 70.8 Å². The number of nitrogens with one attached hydrogen (secondary N) is 1. The van der Waals surface area contributed by atoms with Crippen LogP contribution in [0.1, 0.15) is 33.8 Å². The standard InChI is InChI=1S/C20H16F3IN2O2/c21-20(22,23)19(28)25-13-8-12-10-26(18(27)11-4-2-1-3-5-11)16-7-6-15(24)14(9-13)17(12)16/h1-7,12-13H,8-10H2,(H,25,28). The summed E-state index contributed by atoms with van der Waals surface area (Å²) in [6, 6.07) is 12.1. The van der Waals surface area contributed by atoms with Gasteiger partial charge >= 0.3 is 12.1 Å². The van der Waals surface area contributed by atoms with Crippen LogP contribution in [0.2, 0.25) is 0 Å². The van der Waals surface area contributed by atoms with Crippen molar-refractivity contribution in [2.24, 2.45) is 0 Å². The number of halogens is 4. The van der Waals surface area contributed by atoms with Crippen molar-refractivity contribution < 1.29 is 22.8 Å². The lowest BCUT2D eigenvalue weighted by atomic mass is 9.81. The van der Waals surface area contributed by atoms with Crippen molar-refractivity contribution in [3.8, 4) is 0 Å². The molecule has 1 N–H and O–H groups in total. The van der Waals surface area contributed by atoms with E-state index >= 15 is 0 Å². The lowest BCUT2D eigenvalue weighted by Crippen LogP contribution is -2.46. The van der Waals surface area contributed by atoms with Crippen LogP contribution in [0.4, 0.5) is 18.9 Å². The normalized spacial score (nSPS) is 20.6. The fraction of sp³-hybridized carbons (Fsp3) is 0.300. The smallest absolute Gasteiger partial charge is 0.345 e. The molecule has 2 amide bonds. The summed E-state index contributed by atoms with van der Waals surface area (Å²) in [5.41, 5.74) is 3.32. The molecule has 4 rings (SSSR count). The minimum atomic E-state index is -4.90. The Morgan fingerprint density at radius 1 is 1.11 bits per heavy atom. The van der Waals surface area contributed by atoms with E-state index in [2.05, 4.69) is 27.9 Å². The molecule has 2 aromatic carbocycles. The van der Waals surface area contributed by atoms with Crippen molar-refractivity contribution in [1.29, 1.82) is 0 Å². The number of hydrogen-bond acceptors (Lipinski definition) is 2. The highest BCUT2D eigenvalue weighted by Crippen LogP contribution is 2.46. The third-order valence-electron chi connectivity index (χ3n) is 5.26. The van der Waals surface area contributed by atoms with E-state index in [1.807, 2.05) is 18.2 Å². The quantitative estimate of drug-likeness (QED) is 0.634. The molecule has 28 heavy (non-hydrogen) atoms. The predicted molar refractivity (Wildman–Crippen MR) is 106 cm³/mol.